The first kappa shape index (κ1) is 14.2. The quantitative estimate of drug-likeness (QED) is 0.577. The zero-order valence-electron chi connectivity index (χ0n) is 13.0. The zero-order chi connectivity index (χ0) is 16.4. The number of aromatic nitrogens is 3. The fraction of sp³-hybridized carbons (Fsp3) is 0. The van der Waals surface area contributed by atoms with Gasteiger partial charge < -0.3 is 5.73 Å². The summed E-state index contributed by atoms with van der Waals surface area (Å²) in [6.07, 6.45) is 1.91. The minimum Gasteiger partial charge on any atom is -0.399 e. The summed E-state index contributed by atoms with van der Waals surface area (Å²) in [6, 6.07) is 26.2. The molecule has 2 N–H and O–H groups in total. The first-order valence-electron chi connectivity index (χ1n) is 7.74. The van der Waals surface area contributed by atoms with E-state index in [9.17, 15) is 0 Å². The van der Waals surface area contributed by atoms with Gasteiger partial charge in [-0.1, -0.05) is 65.9 Å². The van der Waals surface area contributed by atoms with Crippen LogP contribution in [0, 0.1) is 0 Å². The Morgan fingerprint density at radius 2 is 1.42 bits per heavy atom. The van der Waals surface area contributed by atoms with E-state index in [0.717, 1.165) is 16.9 Å². The van der Waals surface area contributed by atoms with Crippen molar-refractivity contribution in [2.24, 2.45) is 0 Å². The van der Waals surface area contributed by atoms with Crippen LogP contribution in [-0.4, -0.2) is 15.0 Å². The maximum absolute atomic E-state index is 5.82. The highest BCUT2D eigenvalue weighted by molar-refractivity contribution is 5.68. The Morgan fingerprint density at radius 1 is 0.708 bits per heavy atom. The van der Waals surface area contributed by atoms with Gasteiger partial charge in [0.25, 0.3) is 0 Å². The van der Waals surface area contributed by atoms with Gasteiger partial charge in [-0.25, -0.2) is 4.68 Å². The normalized spacial score (nSPS) is 10.7. The van der Waals surface area contributed by atoms with Crippen molar-refractivity contribution in [1.29, 1.82) is 0 Å². The molecule has 0 radical (unpaired) electrons. The topological polar surface area (TPSA) is 56.7 Å². The Labute approximate surface area is 140 Å². The van der Waals surface area contributed by atoms with Crippen LogP contribution in [0.3, 0.4) is 0 Å². The van der Waals surface area contributed by atoms with Gasteiger partial charge in [-0.3, -0.25) is 0 Å². The largest absolute Gasteiger partial charge is 0.399 e. The summed E-state index contributed by atoms with van der Waals surface area (Å²) < 4.78 is 1.73. The van der Waals surface area contributed by atoms with Crippen LogP contribution in [0.25, 0.3) is 28.1 Å². The van der Waals surface area contributed by atoms with E-state index < -0.39 is 0 Å². The number of nitrogen functional groups attached to an aromatic ring is 1. The molecule has 0 amide bonds. The Hall–Kier alpha value is -3.40. The van der Waals surface area contributed by atoms with Crippen LogP contribution in [-0.2, 0) is 0 Å². The zero-order valence-corrected chi connectivity index (χ0v) is 13.0. The molecule has 0 fully saturated rings. The van der Waals surface area contributed by atoms with Gasteiger partial charge in [-0.2, -0.15) is 0 Å². The molecular formula is C20H16N4. The Kier molecular flexibility index (Phi) is 3.56. The third kappa shape index (κ3) is 2.77. The molecule has 0 atom stereocenters. The van der Waals surface area contributed by atoms with Crippen LogP contribution in [0.2, 0.25) is 0 Å². The smallest absolute Gasteiger partial charge is 0.113 e. The van der Waals surface area contributed by atoms with Crippen LogP contribution >= 0.6 is 0 Å². The molecule has 4 aromatic rings. The van der Waals surface area contributed by atoms with Crippen molar-refractivity contribution in [2.75, 3.05) is 5.73 Å². The summed E-state index contributed by atoms with van der Waals surface area (Å²) in [6.45, 7) is 0. The van der Waals surface area contributed by atoms with Crippen molar-refractivity contribution in [2.45, 2.75) is 0 Å². The number of anilines is 1. The van der Waals surface area contributed by atoms with Gasteiger partial charge in [-0.05, 0) is 29.3 Å². The summed E-state index contributed by atoms with van der Waals surface area (Å²) in [4.78, 5) is 0. The summed E-state index contributed by atoms with van der Waals surface area (Å²) in [5.74, 6) is 0. The van der Waals surface area contributed by atoms with E-state index in [1.165, 1.54) is 11.1 Å². The van der Waals surface area contributed by atoms with Gasteiger partial charge in [0.05, 0.1) is 11.9 Å². The third-order valence-corrected chi connectivity index (χ3v) is 3.92. The predicted molar refractivity (Wildman–Crippen MR) is 96.6 cm³/mol. The molecule has 1 heterocycles. The van der Waals surface area contributed by atoms with E-state index in [2.05, 4.69) is 46.7 Å². The van der Waals surface area contributed by atoms with Crippen molar-refractivity contribution >= 4 is 5.69 Å². The van der Waals surface area contributed by atoms with Crippen LogP contribution < -0.4 is 5.73 Å². The van der Waals surface area contributed by atoms with Crippen molar-refractivity contribution in [3.8, 4) is 28.1 Å². The van der Waals surface area contributed by atoms with Crippen LogP contribution in [0.5, 0.6) is 0 Å². The lowest BCUT2D eigenvalue weighted by atomic mass is 10.0. The lowest BCUT2D eigenvalue weighted by Gasteiger charge is -2.02. The van der Waals surface area contributed by atoms with Gasteiger partial charge in [0, 0.05) is 11.3 Å². The molecule has 0 saturated carbocycles. The molecule has 0 aliphatic heterocycles. The summed E-state index contributed by atoms with van der Waals surface area (Å²) in [5.41, 5.74) is 11.7. The number of rotatable bonds is 3. The molecule has 24 heavy (non-hydrogen) atoms. The van der Waals surface area contributed by atoms with E-state index >= 15 is 0 Å². The van der Waals surface area contributed by atoms with E-state index in [1.54, 1.807) is 4.68 Å². The molecule has 3 aromatic carbocycles. The molecule has 0 spiro atoms. The van der Waals surface area contributed by atoms with Crippen LogP contribution in [0.1, 0.15) is 0 Å². The standard InChI is InChI=1S/C20H16N4/c21-18-7-4-8-19(13-18)24-14-20(22-23-24)17-11-9-16(10-12-17)15-5-2-1-3-6-15/h1-14H,21H2. The first-order valence-corrected chi connectivity index (χ1v) is 7.74. The fourth-order valence-electron chi connectivity index (χ4n) is 2.65. The monoisotopic (exact) mass is 312 g/mol. The van der Waals surface area contributed by atoms with Gasteiger partial charge in [0.15, 0.2) is 0 Å². The second kappa shape index (κ2) is 6.01. The average molecular weight is 312 g/mol. The van der Waals surface area contributed by atoms with Crippen molar-refractivity contribution < 1.29 is 0 Å². The highest BCUT2D eigenvalue weighted by Gasteiger charge is 2.06. The van der Waals surface area contributed by atoms with E-state index in [4.69, 9.17) is 5.73 Å². The number of nitrogens with zero attached hydrogens (tertiary/aromatic N) is 3. The maximum Gasteiger partial charge on any atom is 0.113 e. The first-order chi connectivity index (χ1) is 11.8. The molecule has 4 heteroatoms. The Balaban J connectivity index is 1.63. The van der Waals surface area contributed by atoms with Gasteiger partial charge in [-0.15, -0.1) is 5.10 Å². The number of hydrogen-bond acceptors (Lipinski definition) is 3. The molecule has 0 bridgehead atoms. The number of nitrogens with two attached hydrogens (primary N) is 1. The molecule has 4 rings (SSSR count). The summed E-state index contributed by atoms with van der Waals surface area (Å²) >= 11 is 0. The van der Waals surface area contributed by atoms with Crippen molar-refractivity contribution in [3.05, 3.63) is 85.1 Å². The minimum absolute atomic E-state index is 0.705. The molecular weight excluding hydrogens is 296 g/mol. The van der Waals surface area contributed by atoms with E-state index in [0.29, 0.717) is 5.69 Å². The third-order valence-electron chi connectivity index (χ3n) is 3.92. The second-order valence-corrected chi connectivity index (χ2v) is 5.59. The molecule has 0 saturated heterocycles. The van der Waals surface area contributed by atoms with E-state index in [1.807, 2.05) is 48.7 Å². The van der Waals surface area contributed by atoms with Gasteiger partial charge >= 0.3 is 0 Å². The van der Waals surface area contributed by atoms with Crippen LogP contribution in [0.15, 0.2) is 85.1 Å². The predicted octanol–water partition coefficient (Wildman–Crippen LogP) is 4.18. The highest BCUT2D eigenvalue weighted by Crippen LogP contribution is 2.24. The Bertz CT molecular complexity index is 956. The summed E-state index contributed by atoms with van der Waals surface area (Å²) in [7, 11) is 0. The lowest BCUT2D eigenvalue weighted by Crippen LogP contribution is -1.95. The minimum atomic E-state index is 0.705. The highest BCUT2D eigenvalue weighted by atomic mass is 15.4. The number of hydrogen-bond donors (Lipinski definition) is 1. The van der Waals surface area contributed by atoms with Gasteiger partial charge in [0.1, 0.15) is 5.69 Å². The Morgan fingerprint density at radius 3 is 2.17 bits per heavy atom. The van der Waals surface area contributed by atoms with Gasteiger partial charge in [0.2, 0.25) is 0 Å². The van der Waals surface area contributed by atoms with E-state index in [-0.39, 0.29) is 0 Å². The molecule has 4 nitrogen and oxygen atoms in total. The summed E-state index contributed by atoms with van der Waals surface area (Å²) in [5, 5.41) is 8.46. The maximum atomic E-state index is 5.82. The lowest BCUT2D eigenvalue weighted by molar-refractivity contribution is 0.804. The van der Waals surface area contributed by atoms with Crippen molar-refractivity contribution in [1.82, 2.24) is 15.0 Å². The molecule has 0 aliphatic rings. The molecule has 1 aromatic heterocycles. The van der Waals surface area contributed by atoms with Crippen LogP contribution in [0.4, 0.5) is 5.69 Å². The van der Waals surface area contributed by atoms with Crippen molar-refractivity contribution in [3.63, 3.8) is 0 Å². The molecule has 116 valence electrons. The molecule has 0 unspecified atom stereocenters. The second-order valence-electron chi connectivity index (χ2n) is 5.59. The number of benzene rings is 3. The SMILES string of the molecule is Nc1cccc(-n2cc(-c3ccc(-c4ccccc4)cc3)nn2)c1. The average Bonchev–Trinajstić information content (AvgIpc) is 3.13. The molecule has 0 aliphatic carbocycles. The fourth-order valence-corrected chi connectivity index (χ4v) is 2.65.